The smallest absolute Gasteiger partial charge is 0.150 e. The lowest BCUT2D eigenvalue weighted by molar-refractivity contribution is 0.424. The van der Waals surface area contributed by atoms with Gasteiger partial charge in [0, 0.05) is 25.4 Å². The summed E-state index contributed by atoms with van der Waals surface area (Å²) in [4.78, 5) is 4.53. The van der Waals surface area contributed by atoms with Gasteiger partial charge in [0.1, 0.15) is 5.82 Å². The number of imidazole rings is 1. The van der Waals surface area contributed by atoms with E-state index < -0.39 is 0 Å². The van der Waals surface area contributed by atoms with Crippen molar-refractivity contribution in [1.29, 1.82) is 0 Å². The van der Waals surface area contributed by atoms with Crippen molar-refractivity contribution in [2.24, 2.45) is 0 Å². The molecule has 88 valence electrons. The Bertz CT molecular complexity index is 380. The summed E-state index contributed by atoms with van der Waals surface area (Å²) >= 11 is 6.31. The predicted molar refractivity (Wildman–Crippen MR) is 65.0 cm³/mol. The molecule has 1 saturated heterocycles. The third-order valence-corrected chi connectivity index (χ3v) is 4.03. The summed E-state index contributed by atoms with van der Waals surface area (Å²) in [5.74, 6) is 1.78. The van der Waals surface area contributed by atoms with Crippen LogP contribution in [0, 0.1) is 0 Å². The van der Waals surface area contributed by atoms with Gasteiger partial charge in [-0.2, -0.15) is 0 Å². The first-order valence-corrected chi connectivity index (χ1v) is 6.69. The number of piperidine rings is 1. The maximum absolute atomic E-state index is 6.31. The highest BCUT2D eigenvalue weighted by atomic mass is 35.5. The fourth-order valence-electron chi connectivity index (χ4n) is 2.95. The average molecular weight is 240 g/mol. The van der Waals surface area contributed by atoms with Crippen LogP contribution >= 0.6 is 11.6 Å². The van der Waals surface area contributed by atoms with E-state index in [0.29, 0.717) is 5.92 Å². The SMILES string of the molecule is Clc1nc2n(c1C1CCCNC1)CCCC2. The molecule has 1 N–H and O–H groups in total. The molecule has 1 atom stereocenters. The highest BCUT2D eigenvalue weighted by Crippen LogP contribution is 2.32. The molecule has 0 bridgehead atoms. The molecule has 0 saturated carbocycles. The van der Waals surface area contributed by atoms with Gasteiger partial charge in [-0.1, -0.05) is 11.6 Å². The van der Waals surface area contributed by atoms with Gasteiger partial charge < -0.3 is 9.88 Å². The Labute approximate surface area is 101 Å². The van der Waals surface area contributed by atoms with Gasteiger partial charge in [-0.05, 0) is 32.2 Å². The van der Waals surface area contributed by atoms with Gasteiger partial charge in [-0.3, -0.25) is 0 Å². The lowest BCUT2D eigenvalue weighted by atomic mass is 9.96. The molecular formula is C12H18ClN3. The van der Waals surface area contributed by atoms with Crippen LogP contribution in [0.5, 0.6) is 0 Å². The molecule has 1 unspecified atom stereocenters. The third kappa shape index (κ3) is 1.76. The number of nitrogens with one attached hydrogen (secondary N) is 1. The van der Waals surface area contributed by atoms with Gasteiger partial charge in [0.15, 0.2) is 5.15 Å². The molecule has 3 heterocycles. The second kappa shape index (κ2) is 4.38. The van der Waals surface area contributed by atoms with Crippen molar-refractivity contribution in [3.05, 3.63) is 16.7 Å². The molecule has 1 aromatic rings. The molecule has 3 nitrogen and oxygen atoms in total. The van der Waals surface area contributed by atoms with E-state index in [1.165, 1.54) is 37.2 Å². The molecule has 0 aliphatic carbocycles. The fourth-order valence-corrected chi connectivity index (χ4v) is 3.30. The van der Waals surface area contributed by atoms with Crippen LogP contribution in [0.1, 0.15) is 43.1 Å². The van der Waals surface area contributed by atoms with Crippen molar-refractivity contribution in [2.75, 3.05) is 13.1 Å². The van der Waals surface area contributed by atoms with Crippen molar-refractivity contribution in [2.45, 2.75) is 44.6 Å². The maximum Gasteiger partial charge on any atom is 0.150 e. The minimum Gasteiger partial charge on any atom is -0.330 e. The Morgan fingerprint density at radius 1 is 1.31 bits per heavy atom. The maximum atomic E-state index is 6.31. The second-order valence-electron chi connectivity index (χ2n) is 4.86. The number of aryl methyl sites for hydroxylation is 1. The number of nitrogens with zero attached hydrogens (tertiary/aromatic N) is 2. The van der Waals surface area contributed by atoms with Gasteiger partial charge in [0.25, 0.3) is 0 Å². The summed E-state index contributed by atoms with van der Waals surface area (Å²) in [5.41, 5.74) is 1.29. The van der Waals surface area contributed by atoms with Crippen LogP contribution in [-0.2, 0) is 13.0 Å². The Balaban J connectivity index is 1.95. The summed E-state index contributed by atoms with van der Waals surface area (Å²) in [6.07, 6.45) is 6.13. The highest BCUT2D eigenvalue weighted by molar-refractivity contribution is 6.30. The van der Waals surface area contributed by atoms with Crippen molar-refractivity contribution in [3.8, 4) is 0 Å². The molecule has 3 rings (SSSR count). The fraction of sp³-hybridized carbons (Fsp3) is 0.750. The van der Waals surface area contributed by atoms with Gasteiger partial charge in [-0.25, -0.2) is 4.98 Å². The molecule has 0 amide bonds. The molecule has 1 aromatic heterocycles. The van der Waals surface area contributed by atoms with Crippen molar-refractivity contribution in [3.63, 3.8) is 0 Å². The number of aromatic nitrogens is 2. The van der Waals surface area contributed by atoms with E-state index >= 15 is 0 Å². The zero-order valence-corrected chi connectivity index (χ0v) is 10.3. The lowest BCUT2D eigenvalue weighted by Gasteiger charge is -2.26. The van der Waals surface area contributed by atoms with Crippen molar-refractivity contribution >= 4 is 11.6 Å². The Kier molecular flexibility index (Phi) is 2.90. The minimum atomic E-state index is 0.570. The quantitative estimate of drug-likeness (QED) is 0.815. The number of fused-ring (bicyclic) bond motifs is 1. The Hall–Kier alpha value is -0.540. The van der Waals surface area contributed by atoms with Crippen LogP contribution in [0.2, 0.25) is 5.15 Å². The highest BCUT2D eigenvalue weighted by Gasteiger charge is 2.26. The average Bonchev–Trinajstić information content (AvgIpc) is 2.66. The normalized spacial score (nSPS) is 25.4. The van der Waals surface area contributed by atoms with Crippen molar-refractivity contribution < 1.29 is 0 Å². The first kappa shape index (κ1) is 10.6. The first-order valence-electron chi connectivity index (χ1n) is 6.32. The monoisotopic (exact) mass is 239 g/mol. The molecule has 0 aromatic carbocycles. The van der Waals surface area contributed by atoms with Crippen LogP contribution in [0.3, 0.4) is 0 Å². The van der Waals surface area contributed by atoms with Crippen molar-refractivity contribution in [1.82, 2.24) is 14.9 Å². The van der Waals surface area contributed by atoms with Gasteiger partial charge >= 0.3 is 0 Å². The number of hydrogen-bond donors (Lipinski definition) is 1. The van der Waals surface area contributed by atoms with Crippen LogP contribution < -0.4 is 5.32 Å². The minimum absolute atomic E-state index is 0.570. The summed E-state index contributed by atoms with van der Waals surface area (Å²) in [6.45, 7) is 3.32. The Morgan fingerprint density at radius 3 is 3.06 bits per heavy atom. The molecule has 2 aliphatic heterocycles. The summed E-state index contributed by atoms with van der Waals surface area (Å²) in [7, 11) is 0. The topological polar surface area (TPSA) is 29.9 Å². The molecule has 1 fully saturated rings. The lowest BCUT2D eigenvalue weighted by Crippen LogP contribution is -2.30. The van der Waals surface area contributed by atoms with E-state index in [4.69, 9.17) is 11.6 Å². The molecule has 0 spiro atoms. The number of rotatable bonds is 1. The number of halogens is 1. The number of hydrogen-bond acceptors (Lipinski definition) is 2. The second-order valence-corrected chi connectivity index (χ2v) is 5.21. The Morgan fingerprint density at radius 2 is 2.25 bits per heavy atom. The van der Waals surface area contributed by atoms with Gasteiger partial charge in [0.05, 0.1) is 5.69 Å². The van der Waals surface area contributed by atoms with E-state index in [-0.39, 0.29) is 0 Å². The van der Waals surface area contributed by atoms with E-state index in [1.807, 2.05) is 0 Å². The van der Waals surface area contributed by atoms with Crippen LogP contribution in [0.4, 0.5) is 0 Å². The van der Waals surface area contributed by atoms with Crippen LogP contribution in [-0.4, -0.2) is 22.6 Å². The van der Waals surface area contributed by atoms with E-state index in [2.05, 4.69) is 14.9 Å². The summed E-state index contributed by atoms with van der Waals surface area (Å²) in [6, 6.07) is 0. The van der Waals surface area contributed by atoms with Gasteiger partial charge in [-0.15, -0.1) is 0 Å². The standard InChI is InChI=1S/C12H18ClN3/c13-12-11(9-4-3-6-14-8-9)16-7-2-1-5-10(16)15-12/h9,14H,1-8H2. The van der Waals surface area contributed by atoms with Gasteiger partial charge in [0.2, 0.25) is 0 Å². The zero-order chi connectivity index (χ0) is 11.0. The molecule has 2 aliphatic rings. The van der Waals surface area contributed by atoms with Crippen LogP contribution in [0.15, 0.2) is 0 Å². The van der Waals surface area contributed by atoms with Crippen LogP contribution in [0.25, 0.3) is 0 Å². The molecule has 16 heavy (non-hydrogen) atoms. The zero-order valence-electron chi connectivity index (χ0n) is 9.51. The third-order valence-electron chi connectivity index (χ3n) is 3.76. The van der Waals surface area contributed by atoms with E-state index in [1.54, 1.807) is 0 Å². The molecular weight excluding hydrogens is 222 g/mol. The first-order chi connectivity index (χ1) is 7.86. The predicted octanol–water partition coefficient (Wildman–Crippen LogP) is 2.34. The molecule has 4 heteroatoms. The summed E-state index contributed by atoms with van der Waals surface area (Å²) in [5, 5.41) is 4.21. The van der Waals surface area contributed by atoms with E-state index in [9.17, 15) is 0 Å². The van der Waals surface area contributed by atoms with E-state index in [0.717, 1.165) is 31.2 Å². The largest absolute Gasteiger partial charge is 0.330 e. The summed E-state index contributed by atoms with van der Waals surface area (Å²) < 4.78 is 2.38. The molecule has 0 radical (unpaired) electrons.